The van der Waals surface area contributed by atoms with Crippen LogP contribution in [0.15, 0.2) is 54.9 Å². The summed E-state index contributed by atoms with van der Waals surface area (Å²) in [5.74, 6) is 0.421. The van der Waals surface area contributed by atoms with Gasteiger partial charge in [-0.25, -0.2) is 14.9 Å². The van der Waals surface area contributed by atoms with Gasteiger partial charge in [0.2, 0.25) is 0 Å². The van der Waals surface area contributed by atoms with Gasteiger partial charge in [0, 0.05) is 12.4 Å². The first kappa shape index (κ1) is 17.1. The van der Waals surface area contributed by atoms with Crippen molar-refractivity contribution in [1.29, 1.82) is 0 Å². The Hall–Kier alpha value is -4.07. The fourth-order valence-electron chi connectivity index (χ4n) is 3.57. The van der Waals surface area contributed by atoms with Crippen molar-refractivity contribution in [3.8, 4) is 11.6 Å². The maximum absolute atomic E-state index is 13.3. The summed E-state index contributed by atoms with van der Waals surface area (Å²) in [5.41, 5.74) is 2.14. The molecule has 142 valence electrons. The average molecular weight is 385 g/mol. The molecule has 0 unspecified atom stereocenters. The molecule has 8 heteroatoms. The highest BCUT2D eigenvalue weighted by molar-refractivity contribution is 6.37. The van der Waals surface area contributed by atoms with E-state index in [1.165, 1.54) is 6.20 Å². The Labute approximate surface area is 165 Å². The Bertz CT molecular complexity index is 1280. The molecule has 0 radical (unpaired) electrons. The molecule has 4 aromatic rings. The summed E-state index contributed by atoms with van der Waals surface area (Å²) in [6.45, 7) is 1.79. The van der Waals surface area contributed by atoms with Gasteiger partial charge in [0.25, 0.3) is 11.8 Å². The van der Waals surface area contributed by atoms with E-state index >= 15 is 0 Å². The van der Waals surface area contributed by atoms with E-state index in [4.69, 9.17) is 4.74 Å². The number of nitrogens with zero attached hydrogens (tertiary/aromatic N) is 5. The molecule has 8 nitrogen and oxygen atoms in total. The van der Waals surface area contributed by atoms with E-state index in [-0.39, 0.29) is 5.56 Å². The number of hydrogen-bond acceptors (Lipinski definition) is 6. The summed E-state index contributed by atoms with van der Waals surface area (Å²) in [6.07, 6.45) is 3.09. The van der Waals surface area contributed by atoms with Crippen molar-refractivity contribution < 1.29 is 14.3 Å². The largest absolute Gasteiger partial charge is 0.497 e. The van der Waals surface area contributed by atoms with Crippen LogP contribution in [0.3, 0.4) is 0 Å². The highest BCUT2D eigenvalue weighted by Gasteiger charge is 2.40. The van der Waals surface area contributed by atoms with Crippen LogP contribution in [0.1, 0.15) is 26.4 Å². The van der Waals surface area contributed by atoms with E-state index in [0.717, 1.165) is 4.90 Å². The zero-order chi connectivity index (χ0) is 20.1. The van der Waals surface area contributed by atoms with Gasteiger partial charge in [0.1, 0.15) is 5.75 Å². The van der Waals surface area contributed by atoms with Gasteiger partial charge >= 0.3 is 0 Å². The molecule has 0 saturated heterocycles. The zero-order valence-electron chi connectivity index (χ0n) is 15.7. The molecule has 4 heterocycles. The van der Waals surface area contributed by atoms with E-state index in [1.54, 1.807) is 55.2 Å². The van der Waals surface area contributed by atoms with Crippen molar-refractivity contribution in [3.63, 3.8) is 0 Å². The molecule has 1 aromatic carbocycles. The zero-order valence-corrected chi connectivity index (χ0v) is 15.7. The normalized spacial score (nSPS) is 13.2. The minimum Gasteiger partial charge on any atom is -0.497 e. The highest BCUT2D eigenvalue weighted by Crippen LogP contribution is 2.34. The minimum atomic E-state index is -0.408. The fraction of sp³-hybridized carbons (Fsp3) is 0.0952. The number of carbonyl (C=O) groups is 2. The second kappa shape index (κ2) is 6.23. The number of fused-ring (bicyclic) bond motifs is 3. The molecule has 5 rings (SSSR count). The average Bonchev–Trinajstić information content (AvgIpc) is 3.23. The van der Waals surface area contributed by atoms with Gasteiger partial charge in [-0.2, -0.15) is 9.78 Å². The molecular formula is C21H15N5O3. The van der Waals surface area contributed by atoms with Crippen molar-refractivity contribution in [3.05, 3.63) is 71.7 Å². The van der Waals surface area contributed by atoms with Gasteiger partial charge in [0.05, 0.1) is 35.0 Å². The first-order valence-corrected chi connectivity index (χ1v) is 8.92. The summed E-state index contributed by atoms with van der Waals surface area (Å²) >= 11 is 0. The number of rotatable bonds is 3. The van der Waals surface area contributed by atoms with E-state index in [9.17, 15) is 9.59 Å². The van der Waals surface area contributed by atoms with Gasteiger partial charge in [-0.05, 0) is 43.3 Å². The number of hydrogen-bond donors (Lipinski definition) is 0. The highest BCUT2D eigenvalue weighted by atomic mass is 16.5. The Balaban J connectivity index is 1.68. The summed E-state index contributed by atoms with van der Waals surface area (Å²) in [7, 11) is 1.56. The first-order chi connectivity index (χ1) is 14.1. The number of anilines is 1. The van der Waals surface area contributed by atoms with Crippen molar-refractivity contribution in [2.45, 2.75) is 6.92 Å². The molecule has 0 aliphatic carbocycles. The monoisotopic (exact) mass is 385 g/mol. The van der Waals surface area contributed by atoms with Gasteiger partial charge in [0.15, 0.2) is 11.5 Å². The van der Waals surface area contributed by atoms with Crippen LogP contribution >= 0.6 is 0 Å². The molecule has 0 bridgehead atoms. The number of aromatic nitrogens is 4. The Morgan fingerprint density at radius 1 is 0.966 bits per heavy atom. The lowest BCUT2D eigenvalue weighted by molar-refractivity contribution is 0.0926. The van der Waals surface area contributed by atoms with Crippen LogP contribution in [0.2, 0.25) is 0 Å². The topological polar surface area (TPSA) is 90.2 Å². The van der Waals surface area contributed by atoms with Crippen LogP contribution in [0.5, 0.6) is 5.75 Å². The summed E-state index contributed by atoms with van der Waals surface area (Å²) in [4.78, 5) is 36.1. The third-order valence-corrected chi connectivity index (χ3v) is 4.92. The third-order valence-electron chi connectivity index (χ3n) is 4.92. The second-order valence-electron chi connectivity index (χ2n) is 6.57. The second-order valence-corrected chi connectivity index (χ2v) is 6.57. The number of imide groups is 1. The molecule has 0 spiro atoms. The molecule has 0 saturated carbocycles. The molecule has 1 aliphatic rings. The third kappa shape index (κ3) is 2.42. The van der Waals surface area contributed by atoms with E-state index in [0.29, 0.717) is 39.5 Å². The van der Waals surface area contributed by atoms with Crippen LogP contribution in [0.4, 0.5) is 5.69 Å². The molecule has 3 aromatic heterocycles. The quantitative estimate of drug-likeness (QED) is 0.504. The molecular weight excluding hydrogens is 370 g/mol. The van der Waals surface area contributed by atoms with Crippen LogP contribution in [0.25, 0.3) is 16.9 Å². The summed E-state index contributed by atoms with van der Waals surface area (Å²) < 4.78 is 6.73. The van der Waals surface area contributed by atoms with Gasteiger partial charge in [-0.15, -0.1) is 0 Å². The van der Waals surface area contributed by atoms with Crippen molar-refractivity contribution in [2.24, 2.45) is 0 Å². The lowest BCUT2D eigenvalue weighted by atomic mass is 10.1. The van der Waals surface area contributed by atoms with Crippen LogP contribution in [0, 0.1) is 6.92 Å². The predicted molar refractivity (Wildman–Crippen MR) is 106 cm³/mol. The molecule has 0 N–H and O–H groups in total. The number of methoxy groups -OCH3 is 1. The van der Waals surface area contributed by atoms with E-state index in [2.05, 4.69) is 15.1 Å². The molecule has 29 heavy (non-hydrogen) atoms. The van der Waals surface area contributed by atoms with Crippen LogP contribution in [-0.2, 0) is 0 Å². The minimum absolute atomic E-state index is 0.266. The van der Waals surface area contributed by atoms with Gasteiger partial charge < -0.3 is 4.74 Å². The Morgan fingerprint density at radius 3 is 2.45 bits per heavy atom. The van der Waals surface area contributed by atoms with Crippen molar-refractivity contribution in [2.75, 3.05) is 12.0 Å². The summed E-state index contributed by atoms with van der Waals surface area (Å²) in [6, 6.07) is 12.2. The number of ether oxygens (including phenoxy) is 1. The maximum Gasteiger partial charge on any atom is 0.267 e. The van der Waals surface area contributed by atoms with Crippen LogP contribution in [-0.4, -0.2) is 38.7 Å². The smallest absolute Gasteiger partial charge is 0.267 e. The standard InChI is InChI=1S/C21H15N5O3/c1-12-17-18-15(11-23-19(17)26(24-12)16-5-3-4-10-22-16)20(27)25(21(18)28)13-6-8-14(29-2)9-7-13/h3-11H,1-2H3. The fourth-order valence-corrected chi connectivity index (χ4v) is 3.57. The van der Waals surface area contributed by atoms with E-state index in [1.807, 2.05) is 12.1 Å². The van der Waals surface area contributed by atoms with Gasteiger partial charge in [-0.3, -0.25) is 9.59 Å². The number of amides is 2. The Morgan fingerprint density at radius 2 is 1.76 bits per heavy atom. The molecule has 1 aliphatic heterocycles. The van der Waals surface area contributed by atoms with E-state index < -0.39 is 11.8 Å². The first-order valence-electron chi connectivity index (χ1n) is 8.92. The van der Waals surface area contributed by atoms with Gasteiger partial charge in [-0.1, -0.05) is 6.07 Å². The number of carbonyl (C=O) groups excluding carboxylic acids is 2. The number of benzene rings is 1. The summed E-state index contributed by atoms with van der Waals surface area (Å²) in [5, 5.41) is 5.07. The van der Waals surface area contributed by atoms with Crippen molar-refractivity contribution in [1.82, 2.24) is 19.7 Å². The Kier molecular flexibility index (Phi) is 3.67. The van der Waals surface area contributed by atoms with Crippen molar-refractivity contribution >= 4 is 28.5 Å². The molecule has 0 fully saturated rings. The maximum atomic E-state index is 13.3. The molecule has 0 atom stereocenters. The SMILES string of the molecule is COc1ccc(N2C(=O)c3cnc4c(c(C)nn4-c4ccccn4)c3C2=O)cc1. The lowest BCUT2D eigenvalue weighted by Gasteiger charge is -2.14. The lowest BCUT2D eigenvalue weighted by Crippen LogP contribution is -2.29. The van der Waals surface area contributed by atoms with Crippen LogP contribution < -0.4 is 9.64 Å². The molecule has 2 amide bonds. The number of pyridine rings is 2. The predicted octanol–water partition coefficient (Wildman–Crippen LogP) is 2.93. The number of aryl methyl sites for hydroxylation is 1.